The van der Waals surface area contributed by atoms with E-state index < -0.39 is 0 Å². The summed E-state index contributed by atoms with van der Waals surface area (Å²) in [5, 5.41) is 0. The first kappa shape index (κ1) is 10.7. The third kappa shape index (κ3) is 2.59. The maximum Gasteiger partial charge on any atom is 0.252 e. The topological polar surface area (TPSA) is 81.5 Å². The number of guanidine groups is 1. The van der Waals surface area contributed by atoms with Crippen LogP contribution in [-0.2, 0) is 11.2 Å². The number of hydrogen-bond acceptors (Lipinski definition) is 1. The lowest BCUT2D eigenvalue weighted by molar-refractivity contribution is -0.119. The van der Waals surface area contributed by atoms with E-state index in [1.807, 2.05) is 18.2 Å². The lowest BCUT2D eigenvalue weighted by Gasteiger charge is -1.98. The molecular weight excluding hydrogens is 202 g/mol. The normalized spacial score (nSPS) is 22.5. The number of benzene rings is 1. The van der Waals surface area contributed by atoms with Gasteiger partial charge in [0.05, 0.1) is 0 Å². The van der Waals surface area contributed by atoms with Gasteiger partial charge in [0.1, 0.15) is 0 Å². The first-order valence-corrected chi connectivity index (χ1v) is 5.34. The van der Waals surface area contributed by atoms with Crippen LogP contribution in [0.4, 0.5) is 0 Å². The highest BCUT2D eigenvalue weighted by Crippen LogP contribution is 2.41. The summed E-state index contributed by atoms with van der Waals surface area (Å²) >= 11 is 0. The van der Waals surface area contributed by atoms with Crippen LogP contribution in [0.5, 0.6) is 0 Å². The predicted molar refractivity (Wildman–Crippen MR) is 62.6 cm³/mol. The number of carbonyl (C=O) groups excluding carboxylic acids is 1. The van der Waals surface area contributed by atoms with Crippen molar-refractivity contribution in [3.8, 4) is 0 Å². The van der Waals surface area contributed by atoms with Crippen molar-refractivity contribution in [2.75, 3.05) is 0 Å². The van der Waals surface area contributed by atoms with Gasteiger partial charge in [-0.3, -0.25) is 4.79 Å². The molecule has 84 valence electrons. The van der Waals surface area contributed by atoms with E-state index in [1.54, 1.807) is 0 Å². The highest BCUT2D eigenvalue weighted by atomic mass is 16.1. The average molecular weight is 217 g/mol. The lowest BCUT2D eigenvalue weighted by Crippen LogP contribution is -2.24. The molecule has 0 heterocycles. The molecule has 16 heavy (non-hydrogen) atoms. The van der Waals surface area contributed by atoms with Crippen LogP contribution in [0.25, 0.3) is 0 Å². The Balaban J connectivity index is 1.89. The maximum atomic E-state index is 11.5. The molecule has 0 saturated heterocycles. The molecule has 4 N–H and O–H groups in total. The number of nitrogens with zero attached hydrogens (tertiary/aromatic N) is 1. The Morgan fingerprint density at radius 2 is 2.00 bits per heavy atom. The van der Waals surface area contributed by atoms with Crippen LogP contribution in [0.15, 0.2) is 35.3 Å². The van der Waals surface area contributed by atoms with E-state index in [0.29, 0.717) is 5.92 Å². The standard InChI is InChI=1S/C12H15N3O/c13-12(14)15-11(16)10-7-9(10)6-8-4-2-1-3-5-8/h1-5,9-10H,6-7H2,(H4,13,14,15,16)/t9-,10+/m0/s1. The largest absolute Gasteiger partial charge is 0.370 e. The zero-order valence-corrected chi connectivity index (χ0v) is 8.97. The molecule has 1 amide bonds. The van der Waals surface area contributed by atoms with Gasteiger partial charge in [0.2, 0.25) is 0 Å². The van der Waals surface area contributed by atoms with Gasteiger partial charge in [-0.15, -0.1) is 0 Å². The predicted octanol–water partition coefficient (Wildman–Crippen LogP) is 0.665. The smallest absolute Gasteiger partial charge is 0.252 e. The molecule has 0 bridgehead atoms. The summed E-state index contributed by atoms with van der Waals surface area (Å²) in [5.41, 5.74) is 11.6. The van der Waals surface area contributed by atoms with E-state index in [0.717, 1.165) is 12.8 Å². The summed E-state index contributed by atoms with van der Waals surface area (Å²) in [6, 6.07) is 10.1. The Labute approximate surface area is 94.4 Å². The van der Waals surface area contributed by atoms with E-state index in [2.05, 4.69) is 17.1 Å². The Morgan fingerprint density at radius 1 is 1.31 bits per heavy atom. The van der Waals surface area contributed by atoms with E-state index in [1.165, 1.54) is 5.56 Å². The Morgan fingerprint density at radius 3 is 2.62 bits per heavy atom. The number of nitrogens with two attached hydrogens (primary N) is 2. The first-order chi connectivity index (χ1) is 7.66. The molecule has 1 aliphatic carbocycles. The van der Waals surface area contributed by atoms with E-state index >= 15 is 0 Å². The van der Waals surface area contributed by atoms with Crippen molar-refractivity contribution in [2.45, 2.75) is 12.8 Å². The maximum absolute atomic E-state index is 11.5. The fraction of sp³-hybridized carbons (Fsp3) is 0.333. The molecule has 0 unspecified atom stereocenters. The van der Waals surface area contributed by atoms with E-state index in [4.69, 9.17) is 11.5 Å². The van der Waals surface area contributed by atoms with Gasteiger partial charge in [0.15, 0.2) is 5.96 Å². The zero-order chi connectivity index (χ0) is 11.5. The summed E-state index contributed by atoms with van der Waals surface area (Å²) in [5.74, 6) is 0.0941. The van der Waals surface area contributed by atoms with E-state index in [9.17, 15) is 4.79 Å². The van der Waals surface area contributed by atoms with Gasteiger partial charge < -0.3 is 11.5 Å². The highest BCUT2D eigenvalue weighted by Gasteiger charge is 2.42. The van der Waals surface area contributed by atoms with Gasteiger partial charge in [-0.2, -0.15) is 4.99 Å². The second-order valence-electron chi connectivity index (χ2n) is 4.17. The third-order valence-electron chi connectivity index (χ3n) is 2.82. The van der Waals surface area contributed by atoms with Crippen LogP contribution in [-0.4, -0.2) is 11.9 Å². The summed E-state index contributed by atoms with van der Waals surface area (Å²) in [7, 11) is 0. The minimum absolute atomic E-state index is 0.0160. The Bertz CT molecular complexity index is 410. The zero-order valence-electron chi connectivity index (χ0n) is 8.97. The lowest BCUT2D eigenvalue weighted by atomic mass is 10.1. The minimum atomic E-state index is -0.180. The van der Waals surface area contributed by atoms with Crippen molar-refractivity contribution >= 4 is 11.9 Å². The number of aliphatic imine (C=N–C) groups is 1. The Kier molecular flexibility index (Phi) is 2.90. The number of carbonyl (C=O) groups is 1. The van der Waals surface area contributed by atoms with Gasteiger partial charge in [0.25, 0.3) is 5.91 Å². The fourth-order valence-electron chi connectivity index (χ4n) is 1.90. The fourth-order valence-corrected chi connectivity index (χ4v) is 1.90. The molecule has 2 atom stereocenters. The summed E-state index contributed by atoms with van der Waals surface area (Å²) in [6.45, 7) is 0. The molecule has 0 aliphatic heterocycles. The van der Waals surface area contributed by atoms with Crippen LogP contribution in [0.2, 0.25) is 0 Å². The molecule has 0 spiro atoms. The molecule has 4 heteroatoms. The number of amides is 1. The van der Waals surface area contributed by atoms with Crippen molar-refractivity contribution < 1.29 is 4.79 Å². The van der Waals surface area contributed by atoms with Crippen molar-refractivity contribution in [2.24, 2.45) is 28.3 Å². The van der Waals surface area contributed by atoms with Gasteiger partial charge in [-0.05, 0) is 24.3 Å². The summed E-state index contributed by atoms with van der Waals surface area (Å²) in [6.07, 6.45) is 1.82. The van der Waals surface area contributed by atoms with Crippen LogP contribution >= 0.6 is 0 Å². The molecule has 2 rings (SSSR count). The molecule has 1 saturated carbocycles. The van der Waals surface area contributed by atoms with Crippen LogP contribution in [0.1, 0.15) is 12.0 Å². The van der Waals surface area contributed by atoms with Crippen LogP contribution in [0, 0.1) is 11.8 Å². The summed E-state index contributed by atoms with van der Waals surface area (Å²) in [4.78, 5) is 15.0. The van der Waals surface area contributed by atoms with Crippen molar-refractivity contribution in [3.05, 3.63) is 35.9 Å². The number of hydrogen-bond donors (Lipinski definition) is 2. The van der Waals surface area contributed by atoms with Crippen LogP contribution in [0.3, 0.4) is 0 Å². The monoisotopic (exact) mass is 217 g/mol. The average Bonchev–Trinajstić information content (AvgIpc) is 2.98. The SMILES string of the molecule is NC(N)=NC(=O)[C@@H]1C[C@@H]1Cc1ccccc1. The minimum Gasteiger partial charge on any atom is -0.370 e. The van der Waals surface area contributed by atoms with Crippen molar-refractivity contribution in [1.29, 1.82) is 0 Å². The van der Waals surface area contributed by atoms with Gasteiger partial charge in [-0.25, -0.2) is 0 Å². The van der Waals surface area contributed by atoms with Gasteiger partial charge >= 0.3 is 0 Å². The third-order valence-corrected chi connectivity index (χ3v) is 2.82. The summed E-state index contributed by atoms with van der Waals surface area (Å²) < 4.78 is 0. The Hall–Kier alpha value is -1.84. The molecular formula is C12H15N3O. The molecule has 1 aromatic rings. The van der Waals surface area contributed by atoms with Crippen molar-refractivity contribution in [1.82, 2.24) is 0 Å². The van der Waals surface area contributed by atoms with Gasteiger partial charge in [0, 0.05) is 5.92 Å². The molecule has 0 radical (unpaired) electrons. The molecule has 0 aromatic heterocycles. The quantitative estimate of drug-likeness (QED) is 0.576. The first-order valence-electron chi connectivity index (χ1n) is 5.34. The number of rotatable bonds is 3. The van der Waals surface area contributed by atoms with E-state index in [-0.39, 0.29) is 17.8 Å². The molecule has 1 aromatic carbocycles. The highest BCUT2D eigenvalue weighted by molar-refractivity contribution is 5.93. The van der Waals surface area contributed by atoms with Gasteiger partial charge in [-0.1, -0.05) is 30.3 Å². The molecule has 1 fully saturated rings. The second-order valence-corrected chi connectivity index (χ2v) is 4.17. The van der Waals surface area contributed by atoms with Crippen molar-refractivity contribution in [3.63, 3.8) is 0 Å². The molecule has 4 nitrogen and oxygen atoms in total. The molecule has 1 aliphatic rings. The second kappa shape index (κ2) is 4.35. The van der Waals surface area contributed by atoms with Crippen LogP contribution < -0.4 is 11.5 Å².